The van der Waals surface area contributed by atoms with Crippen LogP contribution >= 0.6 is 0 Å². The van der Waals surface area contributed by atoms with Gasteiger partial charge in [0.15, 0.2) is 0 Å². The fraction of sp³-hybridized carbons (Fsp3) is 0.353. The largest absolute Gasteiger partial charge is 0.598 e. The van der Waals surface area contributed by atoms with Crippen LogP contribution in [0.2, 0.25) is 0 Å². The monoisotopic (exact) mass is 924 g/mol. The minimum atomic E-state index is -6.18. The number of aliphatic imine (C=N–C) groups is 1. The fourth-order valence-corrected chi connectivity index (χ4v) is 7.61. The van der Waals surface area contributed by atoms with Crippen LogP contribution in [0.3, 0.4) is 0 Å². The lowest BCUT2D eigenvalue weighted by molar-refractivity contribution is -0.295. The van der Waals surface area contributed by atoms with E-state index < -0.39 is 44.7 Å². The molecule has 0 aliphatic carbocycles. The summed E-state index contributed by atoms with van der Waals surface area (Å²) in [4.78, 5) is 5.05. The SMILES string of the molecule is Cc1ccc(C2=CC(c3ccc(C(C)(C)C)cc3)=N/C2=C\c2c(-c3ccc(C)cc3C)cc(-c3ccc(C(C)(C)C)cc3)n2B(OCC(F)(F)C(F)(F)F)OCC(F)(F)C(F)(F)F)c(C)c1. The number of halogens is 10. The summed E-state index contributed by atoms with van der Waals surface area (Å²) in [6.07, 6.45) is -9.04. The van der Waals surface area contributed by atoms with Crippen molar-refractivity contribution in [2.75, 3.05) is 13.2 Å². The quantitative estimate of drug-likeness (QED) is 0.0923. The van der Waals surface area contributed by atoms with Crippen LogP contribution in [-0.4, -0.2) is 54.9 Å². The second-order valence-electron chi connectivity index (χ2n) is 18.9. The first-order valence-corrected chi connectivity index (χ1v) is 21.1. The highest BCUT2D eigenvalue weighted by Gasteiger charge is 2.60. The Kier molecular flexibility index (Phi) is 13.6. The van der Waals surface area contributed by atoms with Crippen LogP contribution in [0.5, 0.6) is 0 Å². The zero-order valence-corrected chi connectivity index (χ0v) is 38.3. The zero-order valence-electron chi connectivity index (χ0n) is 38.3. The Labute approximate surface area is 379 Å². The van der Waals surface area contributed by atoms with Gasteiger partial charge in [0.1, 0.15) is 13.2 Å². The van der Waals surface area contributed by atoms with Crippen molar-refractivity contribution in [1.82, 2.24) is 4.48 Å². The molecule has 0 fully saturated rings. The topological polar surface area (TPSA) is 35.8 Å². The molecular formula is C51H51BF10N2O2. The minimum Gasteiger partial charge on any atom is -0.385 e. The molecule has 66 heavy (non-hydrogen) atoms. The molecule has 1 aromatic heterocycles. The second-order valence-corrected chi connectivity index (χ2v) is 18.9. The Balaban J connectivity index is 1.72. The highest BCUT2D eigenvalue weighted by Crippen LogP contribution is 2.43. The summed E-state index contributed by atoms with van der Waals surface area (Å²) in [5, 5.41) is 0. The molecule has 4 aromatic carbocycles. The van der Waals surface area contributed by atoms with Crippen LogP contribution in [-0.2, 0) is 20.1 Å². The van der Waals surface area contributed by atoms with E-state index in [0.717, 1.165) is 37.9 Å². The predicted molar refractivity (Wildman–Crippen MR) is 242 cm³/mol. The molecule has 0 radical (unpaired) electrons. The molecule has 1 aliphatic heterocycles. The smallest absolute Gasteiger partial charge is 0.385 e. The summed E-state index contributed by atoms with van der Waals surface area (Å²) in [5.41, 5.74) is 8.40. The third kappa shape index (κ3) is 10.7. The number of hydrogen-bond donors (Lipinski definition) is 0. The number of benzene rings is 4. The molecule has 0 bridgehead atoms. The second kappa shape index (κ2) is 18.0. The molecule has 0 saturated carbocycles. The first-order chi connectivity index (χ1) is 30.4. The normalized spacial score (nSPS) is 14.8. The Morgan fingerprint density at radius 3 is 1.41 bits per heavy atom. The number of aryl methyl sites for hydroxylation is 4. The summed E-state index contributed by atoms with van der Waals surface area (Å²) in [6, 6.07) is 27.1. The van der Waals surface area contributed by atoms with Gasteiger partial charge in [-0.2, -0.15) is 43.9 Å². The van der Waals surface area contributed by atoms with E-state index in [-0.39, 0.29) is 39.0 Å². The molecule has 0 saturated heterocycles. The fourth-order valence-electron chi connectivity index (χ4n) is 7.61. The van der Waals surface area contributed by atoms with Crippen molar-refractivity contribution >= 4 is 24.6 Å². The van der Waals surface area contributed by atoms with Gasteiger partial charge in [-0.1, -0.05) is 138 Å². The van der Waals surface area contributed by atoms with Crippen molar-refractivity contribution in [3.63, 3.8) is 0 Å². The van der Waals surface area contributed by atoms with Gasteiger partial charge in [0.2, 0.25) is 0 Å². The average Bonchev–Trinajstić information content (AvgIpc) is 3.78. The van der Waals surface area contributed by atoms with E-state index in [1.807, 2.05) is 96.1 Å². The highest BCUT2D eigenvalue weighted by molar-refractivity contribution is 6.44. The van der Waals surface area contributed by atoms with Gasteiger partial charge < -0.3 is 13.8 Å². The third-order valence-electron chi connectivity index (χ3n) is 11.4. The summed E-state index contributed by atoms with van der Waals surface area (Å²) < 4.78 is 152. The predicted octanol–water partition coefficient (Wildman–Crippen LogP) is 14.8. The Hall–Kier alpha value is -5.41. The molecule has 0 spiro atoms. The van der Waals surface area contributed by atoms with Gasteiger partial charge in [0.05, 0.1) is 11.4 Å². The van der Waals surface area contributed by atoms with E-state index in [1.54, 1.807) is 49.4 Å². The molecule has 0 atom stereocenters. The van der Waals surface area contributed by atoms with E-state index in [2.05, 4.69) is 20.8 Å². The molecule has 350 valence electrons. The molecular weight excluding hydrogens is 873 g/mol. The van der Waals surface area contributed by atoms with Crippen molar-refractivity contribution in [2.24, 2.45) is 4.99 Å². The molecule has 0 N–H and O–H groups in total. The van der Waals surface area contributed by atoms with Gasteiger partial charge in [0, 0.05) is 28.1 Å². The first-order valence-electron chi connectivity index (χ1n) is 21.1. The number of aromatic nitrogens is 1. The van der Waals surface area contributed by atoms with Gasteiger partial charge in [-0.15, -0.1) is 0 Å². The Morgan fingerprint density at radius 2 is 0.985 bits per heavy atom. The standard InChI is InChI=1S/C51H51BF10N2O2/c1-30-11-21-38(32(3)23-30)40-25-42(34-13-17-36(18-14-34)46(5,6)7)63-43(40)27-45-41(39-22-12-31(2)24-33(39)4)26-44(35-15-19-37(20-16-35)47(8,9)10)64(45)52(65-28-48(53,54)50(57,58)59)66-29-49(55,56)51(60,61)62/h11-27H,28-29H2,1-10H3/b43-27-. The summed E-state index contributed by atoms with van der Waals surface area (Å²) >= 11 is 0. The van der Waals surface area contributed by atoms with Crippen LogP contribution in [0.15, 0.2) is 108 Å². The average molecular weight is 925 g/mol. The van der Waals surface area contributed by atoms with Crippen LogP contribution < -0.4 is 0 Å². The summed E-state index contributed by atoms with van der Waals surface area (Å²) in [7, 11) is -2.72. The highest BCUT2D eigenvalue weighted by atomic mass is 19.4. The number of alkyl halides is 10. The Bertz CT molecular complexity index is 2650. The maximum Gasteiger partial charge on any atom is 0.598 e. The van der Waals surface area contributed by atoms with Crippen LogP contribution in [0.25, 0.3) is 34.0 Å². The van der Waals surface area contributed by atoms with Gasteiger partial charge in [-0.25, -0.2) is 4.99 Å². The molecule has 0 amide bonds. The molecule has 15 heteroatoms. The molecule has 2 heterocycles. The van der Waals surface area contributed by atoms with Gasteiger partial charge in [-0.3, -0.25) is 0 Å². The van der Waals surface area contributed by atoms with Crippen molar-refractivity contribution in [3.8, 4) is 22.4 Å². The van der Waals surface area contributed by atoms with Crippen LogP contribution in [0.4, 0.5) is 43.9 Å². The minimum absolute atomic E-state index is 0.0232. The molecule has 1 aliphatic rings. The zero-order chi connectivity index (χ0) is 48.9. The van der Waals surface area contributed by atoms with Crippen molar-refractivity contribution < 1.29 is 53.2 Å². The third-order valence-corrected chi connectivity index (χ3v) is 11.4. The summed E-state index contributed by atoms with van der Waals surface area (Å²) in [6.45, 7) is 14.5. The number of nitrogens with zero attached hydrogens (tertiary/aromatic N) is 2. The van der Waals surface area contributed by atoms with Gasteiger partial charge in [-0.05, 0) is 95.7 Å². The first kappa shape index (κ1) is 50.0. The van der Waals surface area contributed by atoms with Crippen molar-refractivity contribution in [1.29, 1.82) is 0 Å². The van der Waals surface area contributed by atoms with E-state index >= 15 is 0 Å². The lowest BCUT2D eigenvalue weighted by Gasteiger charge is -2.26. The van der Waals surface area contributed by atoms with E-state index in [1.165, 1.54) is 6.08 Å². The summed E-state index contributed by atoms with van der Waals surface area (Å²) in [5.74, 6) is -11.2. The number of allylic oxidation sites excluding steroid dienone is 2. The van der Waals surface area contributed by atoms with E-state index in [0.29, 0.717) is 28.0 Å². The number of hydrogen-bond acceptors (Lipinski definition) is 3. The molecule has 5 aromatic rings. The van der Waals surface area contributed by atoms with Crippen molar-refractivity contribution in [2.45, 2.75) is 104 Å². The molecule has 4 nitrogen and oxygen atoms in total. The van der Waals surface area contributed by atoms with Crippen LogP contribution in [0, 0.1) is 27.7 Å². The number of rotatable bonds is 12. The maximum atomic E-state index is 14.8. The maximum absolute atomic E-state index is 14.8. The lowest BCUT2D eigenvalue weighted by atomic mass is 9.86. The molecule has 0 unspecified atom stereocenters. The van der Waals surface area contributed by atoms with Gasteiger partial charge in [0.25, 0.3) is 0 Å². The van der Waals surface area contributed by atoms with E-state index in [9.17, 15) is 43.9 Å². The Morgan fingerprint density at radius 1 is 0.545 bits per heavy atom. The molecule has 6 rings (SSSR count). The van der Waals surface area contributed by atoms with Crippen molar-refractivity contribution in [3.05, 3.63) is 153 Å². The lowest BCUT2D eigenvalue weighted by Crippen LogP contribution is -2.48. The van der Waals surface area contributed by atoms with Crippen LogP contribution in [0.1, 0.15) is 91.7 Å². The van der Waals surface area contributed by atoms with Gasteiger partial charge >= 0.3 is 31.5 Å². The van der Waals surface area contributed by atoms with E-state index in [4.69, 9.17) is 14.3 Å².